The Morgan fingerprint density at radius 2 is 0.560 bits per heavy atom. The highest BCUT2D eigenvalue weighted by atomic mass is 16.5. The summed E-state index contributed by atoms with van der Waals surface area (Å²) in [5.74, 6) is 2.99. The van der Waals surface area contributed by atoms with Gasteiger partial charge in [-0.3, -0.25) is 14.4 Å². The number of carbonyl (C=O) groups excluding carboxylic acids is 3. The number of amides is 3. The van der Waals surface area contributed by atoms with Crippen molar-refractivity contribution in [1.82, 2.24) is 29.4 Å². The van der Waals surface area contributed by atoms with Gasteiger partial charge in [0, 0.05) is 95.3 Å². The van der Waals surface area contributed by atoms with E-state index in [0.717, 1.165) is 172 Å². The quantitative estimate of drug-likeness (QED) is 0.155. The lowest BCUT2D eigenvalue weighted by Crippen LogP contribution is -2.61. The summed E-state index contributed by atoms with van der Waals surface area (Å²) in [7, 11) is 0. The predicted octanol–water partition coefficient (Wildman–Crippen LogP) is 10.8. The summed E-state index contributed by atoms with van der Waals surface area (Å²) in [5.41, 5.74) is 0. The van der Waals surface area contributed by atoms with E-state index < -0.39 is 0 Å². The zero-order chi connectivity index (χ0) is 58.5. The summed E-state index contributed by atoms with van der Waals surface area (Å²) in [4.78, 5) is 52.9. The third-order valence-electron chi connectivity index (χ3n) is 22.9. The third-order valence-corrected chi connectivity index (χ3v) is 22.9. The smallest absolute Gasteiger partial charge is 0.249 e. The average molecular weight is 1180 g/mol. The van der Waals surface area contributed by atoms with Crippen molar-refractivity contribution in [2.45, 2.75) is 325 Å². The molecule has 0 bridgehead atoms. The Bertz CT molecular complexity index is 1750. The first-order valence-corrected chi connectivity index (χ1v) is 35.7. The van der Waals surface area contributed by atoms with E-state index in [0.29, 0.717) is 92.7 Å². The van der Waals surface area contributed by atoms with E-state index in [2.05, 4.69) is 70.9 Å². The summed E-state index contributed by atoms with van der Waals surface area (Å²) in [6, 6.07) is 4.61. The van der Waals surface area contributed by atoms with Crippen LogP contribution in [0.5, 0.6) is 0 Å². The van der Waals surface area contributed by atoms with E-state index in [1.54, 1.807) is 0 Å². The first kappa shape index (κ1) is 65.0. The van der Waals surface area contributed by atoms with E-state index >= 15 is 0 Å². The molecule has 0 N–H and O–H groups in total. The molecule has 6 aliphatic heterocycles. The number of morpholine rings is 3. The van der Waals surface area contributed by atoms with Gasteiger partial charge < -0.3 is 57.8 Å². The van der Waals surface area contributed by atoms with E-state index in [1.165, 1.54) is 116 Å². The molecular formula is C69H120N6O9. The molecule has 15 heteroatoms. The number of hydrogen-bond donors (Lipinski definition) is 0. The van der Waals surface area contributed by atoms with Crippen molar-refractivity contribution in [3.8, 4) is 0 Å². The van der Waals surface area contributed by atoms with Crippen LogP contribution in [0.1, 0.15) is 234 Å². The molecule has 3 amide bonds. The summed E-state index contributed by atoms with van der Waals surface area (Å²) in [6.07, 6.45) is 38.9. The molecule has 6 atom stereocenters. The second-order valence-electron chi connectivity index (χ2n) is 29.5. The van der Waals surface area contributed by atoms with Gasteiger partial charge in [-0.05, 0) is 213 Å². The van der Waals surface area contributed by atoms with Crippen molar-refractivity contribution in [2.24, 2.45) is 17.8 Å². The van der Waals surface area contributed by atoms with Crippen LogP contribution in [0, 0.1) is 17.8 Å². The van der Waals surface area contributed by atoms with Crippen LogP contribution < -0.4 is 0 Å². The maximum absolute atomic E-state index is 12.7. The molecule has 12 fully saturated rings. The number of hydrogen-bond acceptors (Lipinski definition) is 12. The van der Waals surface area contributed by atoms with Crippen LogP contribution in [-0.2, 0) is 42.8 Å². The lowest BCUT2D eigenvalue weighted by Gasteiger charge is -2.50. The van der Waals surface area contributed by atoms with Gasteiger partial charge in [-0.15, -0.1) is 0 Å². The number of piperidine rings is 3. The van der Waals surface area contributed by atoms with Crippen LogP contribution in [0.2, 0.25) is 0 Å². The zero-order valence-electron chi connectivity index (χ0n) is 53.9. The summed E-state index contributed by atoms with van der Waals surface area (Å²) >= 11 is 0. The van der Waals surface area contributed by atoms with Gasteiger partial charge in [0.05, 0.1) is 54.7 Å². The Kier molecular flexibility index (Phi) is 24.9. The molecule has 0 aromatic heterocycles. The van der Waals surface area contributed by atoms with Crippen molar-refractivity contribution in [3.63, 3.8) is 0 Å². The van der Waals surface area contributed by atoms with Crippen LogP contribution in [-0.4, -0.2) is 217 Å². The van der Waals surface area contributed by atoms with Gasteiger partial charge in [-0.25, -0.2) is 0 Å². The first-order chi connectivity index (χ1) is 40.8. The fourth-order valence-corrected chi connectivity index (χ4v) is 18.1. The lowest BCUT2D eigenvalue weighted by atomic mass is 9.84. The SMILES string of the molecule is CC(C)OCC1CCC(N2CCC(N3C(=O)CO[C@H]4CCCC[C@@H]43)CC2)CC1.CC(C)OCC1CCC(N2CCC(N3C(=O)CO[C@H]4CCCC[C@@H]43)CC2)CC1.CC(C)OCC1CCC(N2CCC(N3C(=O)CO[C@H]4CCCC[C@@H]43)CC2)CC1. The monoisotopic (exact) mass is 1180 g/mol. The summed E-state index contributed by atoms with van der Waals surface area (Å²) < 4.78 is 35.1. The molecule has 6 aliphatic carbocycles. The summed E-state index contributed by atoms with van der Waals surface area (Å²) in [5, 5.41) is 0. The molecule has 0 unspecified atom stereocenters. The highest BCUT2D eigenvalue weighted by Crippen LogP contribution is 2.39. The predicted molar refractivity (Wildman–Crippen MR) is 331 cm³/mol. The van der Waals surface area contributed by atoms with Gasteiger partial charge >= 0.3 is 0 Å². The summed E-state index contributed by atoms with van der Waals surface area (Å²) in [6.45, 7) is 23.5. The Balaban J connectivity index is 0.000000140. The van der Waals surface area contributed by atoms with Crippen molar-refractivity contribution < 1.29 is 42.8 Å². The average Bonchev–Trinajstić information content (AvgIpc) is 3.39. The van der Waals surface area contributed by atoms with Crippen LogP contribution in [0.4, 0.5) is 0 Å². The molecule has 0 aromatic rings. The molecule has 6 saturated heterocycles. The van der Waals surface area contributed by atoms with Crippen LogP contribution in [0.25, 0.3) is 0 Å². The van der Waals surface area contributed by atoms with Crippen LogP contribution in [0.15, 0.2) is 0 Å². The zero-order valence-corrected chi connectivity index (χ0v) is 53.9. The molecule has 12 aliphatic rings. The van der Waals surface area contributed by atoms with E-state index in [4.69, 9.17) is 28.4 Å². The molecule has 0 spiro atoms. The van der Waals surface area contributed by atoms with Gasteiger partial charge in [0.15, 0.2) is 0 Å². The van der Waals surface area contributed by atoms with Gasteiger partial charge in [0.25, 0.3) is 0 Å². The number of fused-ring (bicyclic) bond motifs is 3. The number of rotatable bonds is 15. The lowest BCUT2D eigenvalue weighted by molar-refractivity contribution is -0.167. The highest BCUT2D eigenvalue weighted by molar-refractivity contribution is 5.80. The topological polar surface area (TPSA) is 126 Å². The Hall–Kier alpha value is -1.95. The third kappa shape index (κ3) is 17.5. The van der Waals surface area contributed by atoms with Gasteiger partial charge in [-0.1, -0.05) is 38.5 Å². The number of ether oxygens (including phenoxy) is 6. The fourth-order valence-electron chi connectivity index (χ4n) is 18.1. The minimum absolute atomic E-state index is 0.243. The molecule has 480 valence electrons. The molecule has 12 rings (SSSR count). The van der Waals surface area contributed by atoms with Crippen molar-refractivity contribution in [3.05, 3.63) is 0 Å². The van der Waals surface area contributed by atoms with Crippen molar-refractivity contribution >= 4 is 17.7 Å². The maximum Gasteiger partial charge on any atom is 0.249 e. The van der Waals surface area contributed by atoms with Crippen molar-refractivity contribution in [2.75, 3.05) is 78.9 Å². The molecular weight excluding hydrogens is 1060 g/mol. The van der Waals surface area contributed by atoms with Gasteiger partial charge in [0.2, 0.25) is 17.7 Å². The van der Waals surface area contributed by atoms with Gasteiger partial charge in [0.1, 0.15) is 19.8 Å². The number of carbonyl (C=O) groups is 3. The molecule has 15 nitrogen and oxygen atoms in total. The Morgan fingerprint density at radius 1 is 0.321 bits per heavy atom. The molecule has 0 aromatic carbocycles. The standard InChI is InChI=1S/3C23H40N2O3/c3*1-17(2)27-15-18-7-9-19(10-8-18)24-13-11-20(12-14-24)25-21-5-3-4-6-22(21)28-16-23(25)26/h3*17-22H,3-16H2,1-2H3/t3*18?,19?,21-,22-/m000/s1. The minimum atomic E-state index is 0.243. The van der Waals surface area contributed by atoms with Crippen LogP contribution >= 0.6 is 0 Å². The highest BCUT2D eigenvalue weighted by Gasteiger charge is 2.46. The number of nitrogens with zero attached hydrogens (tertiary/aromatic N) is 6. The Labute approximate surface area is 509 Å². The van der Waals surface area contributed by atoms with Gasteiger partial charge in [-0.2, -0.15) is 0 Å². The second kappa shape index (κ2) is 32.2. The second-order valence-corrected chi connectivity index (χ2v) is 29.5. The normalized spacial score (nSPS) is 36.0. The van der Waals surface area contributed by atoms with E-state index in [9.17, 15) is 14.4 Å². The fraction of sp³-hybridized carbons (Fsp3) is 0.957. The first-order valence-electron chi connectivity index (χ1n) is 35.7. The van der Waals surface area contributed by atoms with E-state index in [-0.39, 0.29) is 17.7 Å². The largest absolute Gasteiger partial charge is 0.379 e. The Morgan fingerprint density at radius 3 is 0.798 bits per heavy atom. The minimum Gasteiger partial charge on any atom is -0.379 e. The molecule has 6 heterocycles. The number of likely N-dealkylation sites (tertiary alicyclic amines) is 3. The molecule has 6 saturated carbocycles. The molecule has 84 heavy (non-hydrogen) atoms. The maximum atomic E-state index is 12.7. The molecule has 0 radical (unpaired) electrons. The van der Waals surface area contributed by atoms with E-state index in [1.807, 2.05) is 0 Å². The van der Waals surface area contributed by atoms with Crippen LogP contribution in [0.3, 0.4) is 0 Å². The van der Waals surface area contributed by atoms with Crippen molar-refractivity contribution in [1.29, 1.82) is 0 Å².